The SMILES string of the molecule is CC(C)(Oc1ccc(Cl)cc1)C(=O)NC[C@@H]1CCCC[C@@H]1C(=O)O. The van der Waals surface area contributed by atoms with Crippen LogP contribution in [0.25, 0.3) is 0 Å². The van der Waals surface area contributed by atoms with Crippen molar-refractivity contribution in [3.05, 3.63) is 29.3 Å². The second-order valence-corrected chi connectivity index (χ2v) is 7.20. The van der Waals surface area contributed by atoms with Gasteiger partial charge < -0.3 is 15.2 Å². The van der Waals surface area contributed by atoms with Gasteiger partial charge in [-0.1, -0.05) is 24.4 Å². The molecular weight excluding hydrogens is 330 g/mol. The molecular formula is C18H24ClNO4. The zero-order valence-electron chi connectivity index (χ0n) is 14.0. The topological polar surface area (TPSA) is 75.6 Å². The maximum Gasteiger partial charge on any atom is 0.306 e. The number of carboxylic acids is 1. The normalized spacial score (nSPS) is 21.1. The summed E-state index contributed by atoms with van der Waals surface area (Å²) >= 11 is 5.84. The van der Waals surface area contributed by atoms with Crippen LogP contribution in [0.5, 0.6) is 5.75 Å². The zero-order valence-corrected chi connectivity index (χ0v) is 14.8. The van der Waals surface area contributed by atoms with Crippen molar-refractivity contribution in [2.45, 2.75) is 45.1 Å². The van der Waals surface area contributed by atoms with E-state index in [-0.39, 0.29) is 17.7 Å². The molecule has 0 radical (unpaired) electrons. The first-order valence-corrected chi connectivity index (χ1v) is 8.63. The molecule has 0 saturated heterocycles. The lowest BCUT2D eigenvalue weighted by Crippen LogP contribution is -2.49. The van der Waals surface area contributed by atoms with Crippen LogP contribution in [0.3, 0.4) is 0 Å². The fourth-order valence-electron chi connectivity index (χ4n) is 3.06. The highest BCUT2D eigenvalue weighted by Gasteiger charge is 2.34. The van der Waals surface area contributed by atoms with E-state index in [0.29, 0.717) is 23.7 Å². The van der Waals surface area contributed by atoms with Crippen molar-refractivity contribution < 1.29 is 19.4 Å². The van der Waals surface area contributed by atoms with Gasteiger partial charge in [-0.2, -0.15) is 0 Å². The van der Waals surface area contributed by atoms with Gasteiger partial charge in [-0.25, -0.2) is 0 Å². The van der Waals surface area contributed by atoms with Gasteiger partial charge in [0.15, 0.2) is 5.60 Å². The van der Waals surface area contributed by atoms with Crippen molar-refractivity contribution in [3.63, 3.8) is 0 Å². The molecule has 0 spiro atoms. The van der Waals surface area contributed by atoms with E-state index in [1.165, 1.54) is 0 Å². The summed E-state index contributed by atoms with van der Waals surface area (Å²) < 4.78 is 5.75. The number of rotatable bonds is 6. The van der Waals surface area contributed by atoms with E-state index in [1.807, 2.05) is 0 Å². The summed E-state index contributed by atoms with van der Waals surface area (Å²) in [6.07, 6.45) is 3.46. The van der Waals surface area contributed by atoms with Crippen LogP contribution in [0.1, 0.15) is 39.5 Å². The number of carboxylic acid groups (broad SMARTS) is 1. The summed E-state index contributed by atoms with van der Waals surface area (Å²) in [6, 6.07) is 6.81. The van der Waals surface area contributed by atoms with Crippen LogP contribution in [0.4, 0.5) is 0 Å². The van der Waals surface area contributed by atoms with E-state index >= 15 is 0 Å². The van der Waals surface area contributed by atoms with Crippen LogP contribution < -0.4 is 10.1 Å². The molecule has 0 unspecified atom stereocenters. The predicted octanol–water partition coefficient (Wildman–Crippen LogP) is 3.50. The van der Waals surface area contributed by atoms with Gasteiger partial charge >= 0.3 is 5.97 Å². The van der Waals surface area contributed by atoms with Crippen molar-refractivity contribution >= 4 is 23.5 Å². The minimum absolute atomic E-state index is 0.0217. The Morgan fingerprint density at radius 2 is 1.88 bits per heavy atom. The number of carbonyl (C=O) groups is 2. The Bertz CT molecular complexity index is 585. The van der Waals surface area contributed by atoms with Gasteiger partial charge in [0.2, 0.25) is 0 Å². The maximum atomic E-state index is 12.4. The van der Waals surface area contributed by atoms with E-state index in [1.54, 1.807) is 38.1 Å². The average Bonchev–Trinajstić information content (AvgIpc) is 2.54. The van der Waals surface area contributed by atoms with Gasteiger partial charge in [-0.15, -0.1) is 0 Å². The monoisotopic (exact) mass is 353 g/mol. The van der Waals surface area contributed by atoms with Gasteiger partial charge in [-0.3, -0.25) is 9.59 Å². The average molecular weight is 354 g/mol. The largest absolute Gasteiger partial charge is 0.481 e. The second kappa shape index (κ2) is 7.88. The third kappa shape index (κ3) is 4.87. The molecule has 6 heteroatoms. The number of benzene rings is 1. The highest BCUT2D eigenvalue weighted by Crippen LogP contribution is 2.30. The molecule has 1 saturated carbocycles. The molecule has 0 heterocycles. The molecule has 1 aromatic carbocycles. The Hall–Kier alpha value is -1.75. The summed E-state index contributed by atoms with van der Waals surface area (Å²) in [4.78, 5) is 23.8. The molecule has 24 heavy (non-hydrogen) atoms. The standard InChI is InChI=1S/C18H24ClNO4/c1-18(2,24-14-9-7-13(19)8-10-14)17(23)20-11-12-5-3-4-6-15(12)16(21)22/h7-10,12,15H,3-6,11H2,1-2H3,(H,20,23)(H,21,22)/t12-,15-/m0/s1. The predicted molar refractivity (Wildman–Crippen MR) is 92.3 cm³/mol. The Balaban J connectivity index is 1.92. The number of hydrogen-bond donors (Lipinski definition) is 2. The van der Waals surface area contributed by atoms with Gasteiger partial charge in [0.05, 0.1) is 5.92 Å². The van der Waals surface area contributed by atoms with Crippen LogP contribution >= 0.6 is 11.6 Å². The Labute approximate surface area is 147 Å². The van der Waals surface area contributed by atoms with Crippen molar-refractivity contribution in [2.24, 2.45) is 11.8 Å². The van der Waals surface area contributed by atoms with Crippen LogP contribution in [0.2, 0.25) is 5.02 Å². The summed E-state index contributed by atoms with van der Waals surface area (Å²) in [5.41, 5.74) is -1.05. The maximum absolute atomic E-state index is 12.4. The number of carbonyl (C=O) groups excluding carboxylic acids is 1. The van der Waals surface area contributed by atoms with Gasteiger partial charge in [0.25, 0.3) is 5.91 Å². The van der Waals surface area contributed by atoms with Crippen molar-refractivity contribution in [1.29, 1.82) is 0 Å². The summed E-state index contributed by atoms with van der Waals surface area (Å²) in [5.74, 6) is -0.871. The molecule has 0 aromatic heterocycles. The van der Waals surface area contributed by atoms with Crippen LogP contribution in [0.15, 0.2) is 24.3 Å². The minimum Gasteiger partial charge on any atom is -0.481 e. The third-order valence-corrected chi connectivity index (χ3v) is 4.74. The highest BCUT2D eigenvalue weighted by atomic mass is 35.5. The molecule has 0 bridgehead atoms. The molecule has 1 aliphatic carbocycles. The number of nitrogens with one attached hydrogen (secondary N) is 1. The molecule has 1 fully saturated rings. The second-order valence-electron chi connectivity index (χ2n) is 6.77. The Morgan fingerprint density at radius 3 is 2.50 bits per heavy atom. The molecule has 2 rings (SSSR count). The molecule has 1 aromatic rings. The lowest BCUT2D eigenvalue weighted by atomic mass is 9.79. The Kier molecular flexibility index (Phi) is 6.10. The summed E-state index contributed by atoms with van der Waals surface area (Å²) in [6.45, 7) is 3.74. The number of amides is 1. The van der Waals surface area contributed by atoms with Crippen molar-refractivity contribution in [1.82, 2.24) is 5.32 Å². The number of aliphatic carboxylic acids is 1. The smallest absolute Gasteiger partial charge is 0.306 e. The first-order chi connectivity index (χ1) is 11.3. The minimum atomic E-state index is -1.05. The fraction of sp³-hybridized carbons (Fsp3) is 0.556. The summed E-state index contributed by atoms with van der Waals surface area (Å²) in [5, 5.41) is 12.8. The van der Waals surface area contributed by atoms with E-state index < -0.39 is 11.6 Å². The number of halogens is 1. The third-order valence-electron chi connectivity index (χ3n) is 4.48. The van der Waals surface area contributed by atoms with Crippen molar-refractivity contribution in [3.8, 4) is 5.75 Å². The van der Waals surface area contributed by atoms with Crippen LogP contribution in [-0.4, -0.2) is 29.1 Å². The van der Waals surface area contributed by atoms with E-state index in [0.717, 1.165) is 19.3 Å². The molecule has 2 N–H and O–H groups in total. The number of hydrogen-bond acceptors (Lipinski definition) is 3. The molecule has 0 aliphatic heterocycles. The first-order valence-electron chi connectivity index (χ1n) is 8.25. The summed E-state index contributed by atoms with van der Waals surface area (Å²) in [7, 11) is 0. The zero-order chi connectivity index (χ0) is 17.7. The van der Waals surface area contributed by atoms with Crippen LogP contribution in [0, 0.1) is 11.8 Å². The molecule has 1 amide bonds. The van der Waals surface area contributed by atoms with Crippen molar-refractivity contribution in [2.75, 3.05) is 6.54 Å². The number of ether oxygens (including phenoxy) is 1. The fourth-order valence-corrected chi connectivity index (χ4v) is 3.18. The van der Waals surface area contributed by atoms with E-state index in [4.69, 9.17) is 16.3 Å². The molecule has 2 atom stereocenters. The lowest BCUT2D eigenvalue weighted by molar-refractivity contribution is -0.145. The van der Waals surface area contributed by atoms with Gasteiger partial charge in [0.1, 0.15) is 5.75 Å². The highest BCUT2D eigenvalue weighted by molar-refractivity contribution is 6.30. The van der Waals surface area contributed by atoms with Crippen LogP contribution in [-0.2, 0) is 9.59 Å². The lowest BCUT2D eigenvalue weighted by Gasteiger charge is -2.31. The Morgan fingerprint density at radius 1 is 1.25 bits per heavy atom. The van der Waals surface area contributed by atoms with E-state index in [2.05, 4.69) is 5.32 Å². The first kappa shape index (κ1) is 18.6. The van der Waals surface area contributed by atoms with Gasteiger partial charge in [0, 0.05) is 11.6 Å². The van der Waals surface area contributed by atoms with Gasteiger partial charge in [-0.05, 0) is 56.9 Å². The molecule has 5 nitrogen and oxygen atoms in total. The quantitative estimate of drug-likeness (QED) is 0.820. The molecule has 132 valence electrons. The molecule has 1 aliphatic rings. The van der Waals surface area contributed by atoms with E-state index in [9.17, 15) is 14.7 Å².